The van der Waals surface area contributed by atoms with Crippen LogP contribution in [0.5, 0.6) is 5.75 Å². The molecule has 1 rings (SSSR count). The predicted octanol–water partition coefficient (Wildman–Crippen LogP) is 1.24. The maximum atomic E-state index is 11.7. The Morgan fingerprint density at radius 3 is 2.74 bits per heavy atom. The van der Waals surface area contributed by atoms with Gasteiger partial charge in [-0.25, -0.2) is 0 Å². The Morgan fingerprint density at radius 1 is 1.37 bits per heavy atom. The second-order valence-electron chi connectivity index (χ2n) is 3.50. The normalized spacial score (nSPS) is 10.1. The minimum Gasteiger partial charge on any atom is -0.506 e. The first kappa shape index (κ1) is 14.1. The number of carbonyl (C=O) groups is 1. The second kappa shape index (κ2) is 7.36. The van der Waals surface area contributed by atoms with Gasteiger partial charge in [0.15, 0.2) is 0 Å². The van der Waals surface area contributed by atoms with Crippen molar-refractivity contribution in [1.29, 1.82) is 10.5 Å². The van der Waals surface area contributed by atoms with Gasteiger partial charge in [0.05, 0.1) is 18.2 Å². The number of para-hydroxylation sites is 2. The molecule has 0 radical (unpaired) electrons. The van der Waals surface area contributed by atoms with Crippen molar-refractivity contribution in [3.05, 3.63) is 36.0 Å². The lowest BCUT2D eigenvalue weighted by atomic mass is 10.2. The number of phenols is 1. The lowest BCUT2D eigenvalue weighted by molar-refractivity contribution is -0.112. The summed E-state index contributed by atoms with van der Waals surface area (Å²) < 4.78 is 0. The molecular formula is C13H12N4O2. The molecular weight excluding hydrogens is 244 g/mol. The summed E-state index contributed by atoms with van der Waals surface area (Å²) >= 11 is 0. The SMILES string of the molecule is N#CCCN/C=C(/C#N)C(=O)Nc1ccccc1O. The molecule has 6 heteroatoms. The van der Waals surface area contributed by atoms with Crippen molar-refractivity contribution in [2.45, 2.75) is 6.42 Å². The van der Waals surface area contributed by atoms with E-state index in [1.807, 2.05) is 6.07 Å². The molecule has 0 unspecified atom stereocenters. The molecule has 6 nitrogen and oxygen atoms in total. The summed E-state index contributed by atoms with van der Waals surface area (Å²) in [6.45, 7) is 0.353. The van der Waals surface area contributed by atoms with Gasteiger partial charge < -0.3 is 15.7 Å². The third-order valence-corrected chi connectivity index (χ3v) is 2.14. The van der Waals surface area contributed by atoms with Gasteiger partial charge in [-0.1, -0.05) is 12.1 Å². The van der Waals surface area contributed by atoms with Crippen LogP contribution in [0.1, 0.15) is 6.42 Å². The van der Waals surface area contributed by atoms with Crippen LogP contribution in [0.15, 0.2) is 36.0 Å². The quantitative estimate of drug-likeness (QED) is 0.318. The van der Waals surface area contributed by atoms with Gasteiger partial charge in [-0.15, -0.1) is 0 Å². The van der Waals surface area contributed by atoms with E-state index in [0.29, 0.717) is 6.54 Å². The average Bonchev–Trinajstić information content (AvgIpc) is 2.41. The zero-order valence-electron chi connectivity index (χ0n) is 10.1. The molecule has 0 fully saturated rings. The van der Waals surface area contributed by atoms with E-state index in [4.69, 9.17) is 10.5 Å². The second-order valence-corrected chi connectivity index (χ2v) is 3.50. The van der Waals surface area contributed by atoms with E-state index in [2.05, 4.69) is 10.6 Å². The molecule has 0 saturated heterocycles. The van der Waals surface area contributed by atoms with E-state index in [9.17, 15) is 9.90 Å². The number of phenolic OH excluding ortho intramolecular Hbond substituents is 1. The fraction of sp³-hybridized carbons (Fsp3) is 0.154. The van der Waals surface area contributed by atoms with E-state index >= 15 is 0 Å². The third-order valence-electron chi connectivity index (χ3n) is 2.14. The van der Waals surface area contributed by atoms with Crippen LogP contribution < -0.4 is 10.6 Å². The van der Waals surface area contributed by atoms with E-state index in [-0.39, 0.29) is 23.4 Å². The molecule has 19 heavy (non-hydrogen) atoms. The molecule has 0 saturated carbocycles. The van der Waals surface area contributed by atoms with Crippen LogP contribution in [-0.2, 0) is 4.79 Å². The Labute approximate surface area is 110 Å². The van der Waals surface area contributed by atoms with Crippen molar-refractivity contribution in [3.63, 3.8) is 0 Å². The van der Waals surface area contributed by atoms with E-state index in [0.717, 1.165) is 0 Å². The summed E-state index contributed by atoms with van der Waals surface area (Å²) in [5.74, 6) is -0.709. The number of nitriles is 2. The van der Waals surface area contributed by atoms with Gasteiger partial charge >= 0.3 is 0 Å². The first-order chi connectivity index (χ1) is 9.19. The van der Waals surface area contributed by atoms with Crippen molar-refractivity contribution >= 4 is 11.6 Å². The molecule has 96 valence electrons. The molecule has 0 aliphatic rings. The van der Waals surface area contributed by atoms with E-state index in [1.54, 1.807) is 18.2 Å². The number of nitrogens with one attached hydrogen (secondary N) is 2. The largest absolute Gasteiger partial charge is 0.506 e. The highest BCUT2D eigenvalue weighted by atomic mass is 16.3. The van der Waals surface area contributed by atoms with Gasteiger partial charge in [0.1, 0.15) is 17.4 Å². The third kappa shape index (κ3) is 4.41. The number of benzene rings is 1. The number of carbonyl (C=O) groups excluding carboxylic acids is 1. The molecule has 0 bridgehead atoms. The van der Waals surface area contributed by atoms with Crippen LogP contribution in [0.4, 0.5) is 5.69 Å². The van der Waals surface area contributed by atoms with Crippen molar-refractivity contribution in [1.82, 2.24) is 5.32 Å². The van der Waals surface area contributed by atoms with Gasteiger partial charge in [0, 0.05) is 12.7 Å². The summed E-state index contributed by atoms with van der Waals surface area (Å²) in [5.41, 5.74) is 0.0897. The Balaban J connectivity index is 2.68. The van der Waals surface area contributed by atoms with Gasteiger partial charge in [0.25, 0.3) is 5.91 Å². The first-order valence-corrected chi connectivity index (χ1v) is 5.49. The Hall–Kier alpha value is -2.99. The van der Waals surface area contributed by atoms with Gasteiger partial charge in [-0.2, -0.15) is 10.5 Å². The standard InChI is InChI=1S/C13H12N4O2/c14-6-3-7-16-9-10(8-15)13(19)17-11-4-1-2-5-12(11)18/h1-2,4-5,9,16,18H,3,7H2,(H,17,19)/b10-9-. The summed E-state index contributed by atoms with van der Waals surface area (Å²) in [5, 5.41) is 31.8. The number of nitrogens with zero attached hydrogens (tertiary/aromatic N) is 2. The van der Waals surface area contributed by atoms with Crippen LogP contribution in [0.3, 0.4) is 0 Å². The smallest absolute Gasteiger partial charge is 0.267 e. The first-order valence-electron chi connectivity index (χ1n) is 5.49. The topological polar surface area (TPSA) is 109 Å². The molecule has 0 aromatic heterocycles. The van der Waals surface area contributed by atoms with Crippen LogP contribution in [-0.4, -0.2) is 17.6 Å². The Morgan fingerprint density at radius 2 is 2.11 bits per heavy atom. The summed E-state index contributed by atoms with van der Waals surface area (Å²) in [7, 11) is 0. The molecule has 3 N–H and O–H groups in total. The Kier molecular flexibility index (Phi) is 5.45. The minimum absolute atomic E-state index is 0.0782. The number of amides is 1. The van der Waals surface area contributed by atoms with Crippen LogP contribution in [0.25, 0.3) is 0 Å². The highest BCUT2D eigenvalue weighted by molar-refractivity contribution is 6.07. The fourth-order valence-electron chi connectivity index (χ4n) is 1.22. The highest BCUT2D eigenvalue weighted by Crippen LogP contribution is 2.21. The fourth-order valence-corrected chi connectivity index (χ4v) is 1.22. The molecule has 0 spiro atoms. The lowest BCUT2D eigenvalue weighted by Crippen LogP contribution is -2.17. The molecule has 0 heterocycles. The van der Waals surface area contributed by atoms with Crippen molar-refractivity contribution in [2.75, 3.05) is 11.9 Å². The molecule has 1 aromatic carbocycles. The molecule has 0 atom stereocenters. The molecule has 1 aromatic rings. The molecule has 1 amide bonds. The zero-order chi connectivity index (χ0) is 14.1. The lowest BCUT2D eigenvalue weighted by Gasteiger charge is -2.06. The van der Waals surface area contributed by atoms with Crippen LogP contribution >= 0.6 is 0 Å². The van der Waals surface area contributed by atoms with Gasteiger partial charge in [-0.05, 0) is 12.1 Å². The van der Waals surface area contributed by atoms with Crippen molar-refractivity contribution in [2.24, 2.45) is 0 Å². The number of hydrogen-bond acceptors (Lipinski definition) is 5. The van der Waals surface area contributed by atoms with Crippen molar-refractivity contribution < 1.29 is 9.90 Å². The molecule has 0 aliphatic heterocycles. The monoisotopic (exact) mass is 256 g/mol. The van der Waals surface area contributed by atoms with E-state index < -0.39 is 5.91 Å². The maximum Gasteiger partial charge on any atom is 0.267 e. The number of aromatic hydroxyl groups is 1. The van der Waals surface area contributed by atoms with Crippen molar-refractivity contribution in [3.8, 4) is 17.9 Å². The van der Waals surface area contributed by atoms with E-state index in [1.165, 1.54) is 18.3 Å². The maximum absolute atomic E-state index is 11.7. The summed E-state index contributed by atoms with van der Waals surface area (Å²) in [6.07, 6.45) is 1.52. The van der Waals surface area contributed by atoms with Crippen LogP contribution in [0, 0.1) is 22.7 Å². The average molecular weight is 256 g/mol. The zero-order valence-corrected chi connectivity index (χ0v) is 10.1. The number of hydrogen-bond donors (Lipinski definition) is 3. The highest BCUT2D eigenvalue weighted by Gasteiger charge is 2.10. The predicted molar refractivity (Wildman–Crippen MR) is 68.7 cm³/mol. The summed E-state index contributed by atoms with van der Waals surface area (Å²) in [4.78, 5) is 11.7. The Bertz CT molecular complexity index is 567. The number of rotatable bonds is 5. The van der Waals surface area contributed by atoms with Gasteiger partial charge in [0.2, 0.25) is 0 Å². The van der Waals surface area contributed by atoms with Gasteiger partial charge in [-0.3, -0.25) is 4.79 Å². The minimum atomic E-state index is -0.631. The molecule has 0 aliphatic carbocycles. The van der Waals surface area contributed by atoms with Crippen LogP contribution in [0.2, 0.25) is 0 Å². The summed E-state index contributed by atoms with van der Waals surface area (Å²) in [6, 6.07) is 9.88. The number of anilines is 1.